The number of ether oxygens (including phenoxy) is 1. The lowest BCUT2D eigenvalue weighted by molar-refractivity contribution is 0.0570. The Kier molecular flexibility index (Phi) is 4.54. The monoisotopic (exact) mass is 287 g/mol. The third-order valence-corrected chi connectivity index (χ3v) is 5.46. The second-order valence-corrected chi connectivity index (χ2v) is 6.85. The molecule has 1 N–H and O–H groups in total. The Morgan fingerprint density at radius 2 is 2.26 bits per heavy atom. The molecule has 1 fully saturated rings. The summed E-state index contributed by atoms with van der Waals surface area (Å²) in [4.78, 5) is 0. The van der Waals surface area contributed by atoms with Crippen LogP contribution < -0.4 is 4.72 Å². The van der Waals surface area contributed by atoms with Crippen LogP contribution in [0.1, 0.15) is 12.0 Å². The fraction of sp³-hybridized carbons (Fsp3) is 0.538. The van der Waals surface area contributed by atoms with Crippen molar-refractivity contribution in [2.24, 2.45) is 5.92 Å². The number of hydrogen-bond acceptors (Lipinski definition) is 3. The van der Waals surface area contributed by atoms with Gasteiger partial charge < -0.3 is 4.74 Å². The van der Waals surface area contributed by atoms with E-state index in [1.165, 1.54) is 19.2 Å². The topological polar surface area (TPSA) is 55.4 Å². The van der Waals surface area contributed by atoms with E-state index in [0.717, 1.165) is 5.56 Å². The van der Waals surface area contributed by atoms with Crippen molar-refractivity contribution in [2.45, 2.75) is 18.1 Å². The predicted octanol–water partition coefficient (Wildman–Crippen LogP) is 1.32. The SMILES string of the molecule is CNS(=O)(=O)C1CCOCC1Cc1cccc(F)c1. The highest BCUT2D eigenvalue weighted by molar-refractivity contribution is 7.90. The largest absolute Gasteiger partial charge is 0.381 e. The van der Waals surface area contributed by atoms with Crippen LogP contribution in [0.3, 0.4) is 0 Å². The van der Waals surface area contributed by atoms with E-state index >= 15 is 0 Å². The van der Waals surface area contributed by atoms with Crippen LogP contribution in [0.15, 0.2) is 24.3 Å². The number of hydrogen-bond donors (Lipinski definition) is 1. The highest BCUT2D eigenvalue weighted by Crippen LogP contribution is 2.25. The first-order valence-corrected chi connectivity index (χ1v) is 7.82. The van der Waals surface area contributed by atoms with Gasteiger partial charge in [-0.15, -0.1) is 0 Å². The van der Waals surface area contributed by atoms with E-state index in [2.05, 4.69) is 4.72 Å². The van der Waals surface area contributed by atoms with Gasteiger partial charge in [-0.2, -0.15) is 0 Å². The molecule has 0 bridgehead atoms. The zero-order chi connectivity index (χ0) is 13.9. The number of halogens is 1. The van der Waals surface area contributed by atoms with Gasteiger partial charge in [-0.1, -0.05) is 12.1 Å². The molecule has 2 unspecified atom stereocenters. The number of rotatable bonds is 4. The molecule has 1 aliphatic heterocycles. The van der Waals surface area contributed by atoms with E-state index in [9.17, 15) is 12.8 Å². The van der Waals surface area contributed by atoms with Crippen LogP contribution in [0.2, 0.25) is 0 Å². The molecule has 2 rings (SSSR count). The summed E-state index contributed by atoms with van der Waals surface area (Å²) in [6.45, 7) is 0.841. The van der Waals surface area contributed by atoms with Gasteiger partial charge in [-0.05, 0) is 37.6 Å². The Bertz CT molecular complexity index is 532. The van der Waals surface area contributed by atoms with Gasteiger partial charge in [0.05, 0.1) is 11.9 Å². The third-order valence-electron chi connectivity index (χ3n) is 3.47. The molecule has 1 aromatic carbocycles. The van der Waals surface area contributed by atoms with E-state index in [1.54, 1.807) is 12.1 Å². The molecule has 1 saturated heterocycles. The van der Waals surface area contributed by atoms with Crippen molar-refractivity contribution in [3.63, 3.8) is 0 Å². The first-order valence-electron chi connectivity index (χ1n) is 6.27. The highest BCUT2D eigenvalue weighted by Gasteiger charge is 2.35. The van der Waals surface area contributed by atoms with E-state index in [4.69, 9.17) is 4.74 Å². The zero-order valence-corrected chi connectivity index (χ0v) is 11.6. The molecular weight excluding hydrogens is 269 g/mol. The normalized spacial score (nSPS) is 24.3. The highest BCUT2D eigenvalue weighted by atomic mass is 32.2. The molecule has 0 aliphatic carbocycles. The maximum Gasteiger partial charge on any atom is 0.214 e. The standard InChI is InChI=1S/C13H18FNO3S/c1-15-19(16,17)13-5-6-18-9-11(13)7-10-3-2-4-12(14)8-10/h2-4,8,11,13,15H,5-7,9H2,1H3. The fourth-order valence-corrected chi connectivity index (χ4v) is 3.88. The Morgan fingerprint density at radius 1 is 1.47 bits per heavy atom. The van der Waals surface area contributed by atoms with Crippen LogP contribution in [0.4, 0.5) is 4.39 Å². The lowest BCUT2D eigenvalue weighted by Gasteiger charge is -2.30. The van der Waals surface area contributed by atoms with Crippen molar-refractivity contribution < 1.29 is 17.5 Å². The molecule has 1 heterocycles. The van der Waals surface area contributed by atoms with Gasteiger partial charge in [0.15, 0.2) is 0 Å². The number of nitrogens with one attached hydrogen (secondary N) is 1. The molecule has 0 aromatic heterocycles. The van der Waals surface area contributed by atoms with Crippen molar-refractivity contribution in [3.8, 4) is 0 Å². The van der Waals surface area contributed by atoms with E-state index in [0.29, 0.717) is 26.1 Å². The van der Waals surface area contributed by atoms with Crippen molar-refractivity contribution in [1.29, 1.82) is 0 Å². The quantitative estimate of drug-likeness (QED) is 0.909. The average molecular weight is 287 g/mol. The molecule has 0 radical (unpaired) electrons. The van der Waals surface area contributed by atoms with Crippen LogP contribution in [-0.2, 0) is 21.2 Å². The van der Waals surface area contributed by atoms with Gasteiger partial charge in [0.1, 0.15) is 5.82 Å². The molecule has 0 spiro atoms. The summed E-state index contributed by atoms with van der Waals surface area (Å²) >= 11 is 0. The average Bonchev–Trinajstić information content (AvgIpc) is 2.39. The van der Waals surface area contributed by atoms with Gasteiger partial charge >= 0.3 is 0 Å². The molecule has 0 saturated carbocycles. The lowest BCUT2D eigenvalue weighted by Crippen LogP contribution is -2.43. The minimum Gasteiger partial charge on any atom is -0.381 e. The summed E-state index contributed by atoms with van der Waals surface area (Å²) in [5.41, 5.74) is 0.798. The Hall–Kier alpha value is -0.980. The first-order chi connectivity index (χ1) is 9.03. The van der Waals surface area contributed by atoms with Gasteiger partial charge in [-0.3, -0.25) is 0 Å². The molecule has 1 aromatic rings. The summed E-state index contributed by atoms with van der Waals surface area (Å²) in [6.07, 6.45) is 0.979. The predicted molar refractivity (Wildman–Crippen MR) is 70.8 cm³/mol. The van der Waals surface area contributed by atoms with Crippen LogP contribution in [0.5, 0.6) is 0 Å². The smallest absolute Gasteiger partial charge is 0.214 e. The summed E-state index contributed by atoms with van der Waals surface area (Å²) in [5, 5.41) is -0.477. The second-order valence-electron chi connectivity index (χ2n) is 4.75. The molecule has 1 aliphatic rings. The summed E-state index contributed by atoms with van der Waals surface area (Å²) in [5.74, 6) is -0.449. The Labute approximate surface area is 113 Å². The summed E-state index contributed by atoms with van der Waals surface area (Å²) in [6, 6.07) is 6.26. The maximum absolute atomic E-state index is 13.2. The van der Waals surface area contributed by atoms with E-state index < -0.39 is 15.3 Å². The van der Waals surface area contributed by atoms with E-state index in [1.807, 2.05) is 0 Å². The molecule has 106 valence electrons. The van der Waals surface area contributed by atoms with E-state index in [-0.39, 0.29) is 11.7 Å². The maximum atomic E-state index is 13.2. The minimum atomic E-state index is -3.32. The van der Waals surface area contributed by atoms with Gasteiger partial charge in [0.2, 0.25) is 10.0 Å². The van der Waals surface area contributed by atoms with Gasteiger partial charge in [0, 0.05) is 12.5 Å². The Morgan fingerprint density at radius 3 is 2.95 bits per heavy atom. The fourth-order valence-electron chi connectivity index (χ4n) is 2.49. The van der Waals surface area contributed by atoms with Crippen molar-refractivity contribution in [1.82, 2.24) is 4.72 Å². The summed E-state index contributed by atoms with van der Waals surface area (Å²) < 4.78 is 44.9. The summed E-state index contributed by atoms with van der Waals surface area (Å²) in [7, 11) is -1.90. The number of sulfonamides is 1. The van der Waals surface area contributed by atoms with Crippen LogP contribution in [0.25, 0.3) is 0 Å². The third kappa shape index (κ3) is 3.52. The van der Waals surface area contributed by atoms with Gasteiger partial charge in [-0.25, -0.2) is 17.5 Å². The number of benzene rings is 1. The van der Waals surface area contributed by atoms with Crippen LogP contribution in [0, 0.1) is 11.7 Å². The molecule has 0 amide bonds. The molecule has 4 nitrogen and oxygen atoms in total. The van der Waals surface area contributed by atoms with Crippen LogP contribution >= 0.6 is 0 Å². The Balaban J connectivity index is 2.17. The first kappa shape index (κ1) is 14.4. The molecule has 6 heteroatoms. The lowest BCUT2D eigenvalue weighted by atomic mass is 9.93. The van der Waals surface area contributed by atoms with Crippen molar-refractivity contribution >= 4 is 10.0 Å². The molecule has 19 heavy (non-hydrogen) atoms. The van der Waals surface area contributed by atoms with Crippen molar-refractivity contribution in [3.05, 3.63) is 35.6 Å². The zero-order valence-electron chi connectivity index (χ0n) is 10.8. The second kappa shape index (κ2) is 5.98. The molecular formula is C13H18FNO3S. The molecule has 2 atom stereocenters. The van der Waals surface area contributed by atoms with Gasteiger partial charge in [0.25, 0.3) is 0 Å². The van der Waals surface area contributed by atoms with Crippen molar-refractivity contribution in [2.75, 3.05) is 20.3 Å². The minimum absolute atomic E-state index is 0.145. The van der Waals surface area contributed by atoms with Crippen LogP contribution in [-0.4, -0.2) is 33.9 Å².